The predicted molar refractivity (Wildman–Crippen MR) is 85.4 cm³/mol. The Kier molecular flexibility index (Phi) is 4.29. The van der Waals surface area contributed by atoms with Gasteiger partial charge in [-0.1, -0.05) is 31.2 Å². The molecule has 3 nitrogen and oxygen atoms in total. The van der Waals surface area contributed by atoms with Crippen LogP contribution < -0.4 is 5.32 Å². The molecule has 21 heavy (non-hydrogen) atoms. The van der Waals surface area contributed by atoms with Crippen molar-refractivity contribution < 1.29 is 4.79 Å². The fourth-order valence-corrected chi connectivity index (χ4v) is 3.81. The normalized spacial score (nSPS) is 26.5. The van der Waals surface area contributed by atoms with Gasteiger partial charge in [0.15, 0.2) is 0 Å². The molecule has 1 N–H and O–H groups in total. The number of nitrogens with zero attached hydrogens (tertiary/aromatic N) is 1. The van der Waals surface area contributed by atoms with Crippen LogP contribution in [-0.2, 0) is 4.79 Å². The van der Waals surface area contributed by atoms with Crippen LogP contribution in [0.25, 0.3) is 0 Å². The minimum Gasteiger partial charge on any atom is -0.341 e. The molecule has 114 valence electrons. The molecule has 1 aromatic carbocycles. The molecule has 2 aliphatic heterocycles. The molecule has 2 saturated heterocycles. The molecule has 3 unspecified atom stereocenters. The van der Waals surface area contributed by atoms with Crippen molar-refractivity contribution in [2.75, 3.05) is 13.1 Å². The quantitative estimate of drug-likeness (QED) is 0.926. The van der Waals surface area contributed by atoms with Crippen LogP contribution in [0.15, 0.2) is 24.3 Å². The van der Waals surface area contributed by atoms with Gasteiger partial charge in [0.05, 0.1) is 0 Å². The van der Waals surface area contributed by atoms with Crippen molar-refractivity contribution in [2.45, 2.75) is 57.5 Å². The van der Waals surface area contributed by atoms with Crippen LogP contribution in [0.4, 0.5) is 0 Å². The van der Waals surface area contributed by atoms with Gasteiger partial charge in [0.1, 0.15) is 0 Å². The number of carbonyl (C=O) groups excluding carboxylic acids is 1. The lowest BCUT2D eigenvalue weighted by atomic mass is 9.93. The van der Waals surface area contributed by atoms with E-state index in [1.54, 1.807) is 0 Å². The average molecular weight is 286 g/mol. The summed E-state index contributed by atoms with van der Waals surface area (Å²) in [6, 6.07) is 9.57. The number of fused-ring (bicyclic) bond motifs is 2. The first-order valence-corrected chi connectivity index (χ1v) is 8.23. The summed E-state index contributed by atoms with van der Waals surface area (Å²) in [7, 11) is 0. The SMILES string of the molecule is Cc1ccccc1C(C)CC(=O)N1CCC2CCC(C1)N2. The summed E-state index contributed by atoms with van der Waals surface area (Å²) >= 11 is 0. The maximum absolute atomic E-state index is 12.6. The standard InChI is InChI=1S/C18H26N2O/c1-13-5-3-4-6-17(13)14(2)11-18(21)20-10-9-15-7-8-16(12-20)19-15/h3-6,14-16,19H,7-12H2,1-2H3. The van der Waals surface area contributed by atoms with Crippen molar-refractivity contribution in [2.24, 2.45) is 0 Å². The highest BCUT2D eigenvalue weighted by Crippen LogP contribution is 2.25. The van der Waals surface area contributed by atoms with Gasteiger partial charge < -0.3 is 10.2 Å². The first-order valence-electron chi connectivity index (χ1n) is 8.23. The molecule has 2 bridgehead atoms. The first kappa shape index (κ1) is 14.6. The lowest BCUT2D eigenvalue weighted by Gasteiger charge is -2.26. The van der Waals surface area contributed by atoms with Crippen molar-refractivity contribution in [1.82, 2.24) is 10.2 Å². The molecule has 3 rings (SSSR count). The van der Waals surface area contributed by atoms with Crippen LogP contribution in [0, 0.1) is 6.92 Å². The maximum Gasteiger partial charge on any atom is 0.223 e. The molecule has 1 aromatic rings. The van der Waals surface area contributed by atoms with Crippen molar-refractivity contribution >= 4 is 5.91 Å². The van der Waals surface area contributed by atoms with Crippen molar-refractivity contribution in [3.8, 4) is 0 Å². The maximum atomic E-state index is 12.6. The average Bonchev–Trinajstić information content (AvgIpc) is 2.78. The van der Waals surface area contributed by atoms with E-state index in [4.69, 9.17) is 0 Å². The van der Waals surface area contributed by atoms with Crippen LogP contribution in [0.1, 0.15) is 49.7 Å². The van der Waals surface area contributed by atoms with E-state index in [2.05, 4.69) is 48.3 Å². The molecule has 0 saturated carbocycles. The van der Waals surface area contributed by atoms with Gasteiger partial charge in [0, 0.05) is 31.6 Å². The second-order valence-corrected chi connectivity index (χ2v) is 6.73. The highest BCUT2D eigenvalue weighted by molar-refractivity contribution is 5.77. The Balaban J connectivity index is 1.62. The van der Waals surface area contributed by atoms with E-state index < -0.39 is 0 Å². The third-order valence-corrected chi connectivity index (χ3v) is 5.08. The Morgan fingerprint density at radius 2 is 2.05 bits per heavy atom. The number of nitrogens with one attached hydrogen (secondary N) is 1. The molecule has 0 aliphatic carbocycles. The van der Waals surface area contributed by atoms with Gasteiger partial charge in [-0.3, -0.25) is 4.79 Å². The van der Waals surface area contributed by atoms with Gasteiger partial charge in [-0.15, -0.1) is 0 Å². The Bertz CT molecular complexity index is 514. The summed E-state index contributed by atoms with van der Waals surface area (Å²) < 4.78 is 0. The highest BCUT2D eigenvalue weighted by Gasteiger charge is 2.31. The minimum absolute atomic E-state index is 0.298. The van der Waals surface area contributed by atoms with E-state index in [0.29, 0.717) is 30.3 Å². The molecule has 2 aliphatic rings. The van der Waals surface area contributed by atoms with E-state index in [1.165, 1.54) is 24.0 Å². The number of amides is 1. The molecule has 0 spiro atoms. The van der Waals surface area contributed by atoms with Crippen LogP contribution >= 0.6 is 0 Å². The zero-order valence-electron chi connectivity index (χ0n) is 13.1. The number of benzene rings is 1. The van der Waals surface area contributed by atoms with Gasteiger partial charge in [0.2, 0.25) is 5.91 Å². The summed E-state index contributed by atoms with van der Waals surface area (Å²) in [5.41, 5.74) is 2.59. The topological polar surface area (TPSA) is 32.3 Å². The van der Waals surface area contributed by atoms with Gasteiger partial charge >= 0.3 is 0 Å². The zero-order chi connectivity index (χ0) is 14.8. The lowest BCUT2D eigenvalue weighted by Crippen LogP contribution is -2.39. The molecule has 2 heterocycles. The monoisotopic (exact) mass is 286 g/mol. The first-order chi connectivity index (χ1) is 10.1. The second kappa shape index (κ2) is 6.18. The number of aryl methyl sites for hydroxylation is 1. The minimum atomic E-state index is 0.298. The molecule has 2 fully saturated rings. The number of hydrogen-bond acceptors (Lipinski definition) is 2. The van der Waals surface area contributed by atoms with Gasteiger partial charge in [-0.25, -0.2) is 0 Å². The van der Waals surface area contributed by atoms with Crippen LogP contribution in [0.3, 0.4) is 0 Å². The van der Waals surface area contributed by atoms with Gasteiger partial charge in [-0.05, 0) is 43.2 Å². The van der Waals surface area contributed by atoms with Crippen molar-refractivity contribution in [1.29, 1.82) is 0 Å². The fourth-order valence-electron chi connectivity index (χ4n) is 3.81. The predicted octanol–water partition coefficient (Wildman–Crippen LogP) is 2.84. The summed E-state index contributed by atoms with van der Waals surface area (Å²) in [6.07, 6.45) is 4.25. The smallest absolute Gasteiger partial charge is 0.223 e. The second-order valence-electron chi connectivity index (χ2n) is 6.73. The van der Waals surface area contributed by atoms with E-state index >= 15 is 0 Å². The van der Waals surface area contributed by atoms with E-state index in [-0.39, 0.29) is 0 Å². The largest absolute Gasteiger partial charge is 0.341 e. The summed E-state index contributed by atoms with van der Waals surface area (Å²) in [4.78, 5) is 14.7. The van der Waals surface area contributed by atoms with E-state index in [0.717, 1.165) is 19.5 Å². The van der Waals surface area contributed by atoms with Crippen LogP contribution in [-0.4, -0.2) is 36.0 Å². The van der Waals surface area contributed by atoms with Gasteiger partial charge in [0.25, 0.3) is 0 Å². The van der Waals surface area contributed by atoms with Crippen molar-refractivity contribution in [3.63, 3.8) is 0 Å². The lowest BCUT2D eigenvalue weighted by molar-refractivity contribution is -0.131. The Morgan fingerprint density at radius 1 is 1.29 bits per heavy atom. The molecule has 3 heteroatoms. The fraction of sp³-hybridized carbons (Fsp3) is 0.611. The van der Waals surface area contributed by atoms with E-state index in [9.17, 15) is 4.79 Å². The molecule has 0 radical (unpaired) electrons. The Labute approximate surface area is 127 Å². The number of carbonyl (C=O) groups is 1. The number of likely N-dealkylation sites (tertiary alicyclic amines) is 1. The van der Waals surface area contributed by atoms with Crippen molar-refractivity contribution in [3.05, 3.63) is 35.4 Å². The molecule has 1 amide bonds. The molecule has 3 atom stereocenters. The van der Waals surface area contributed by atoms with Gasteiger partial charge in [-0.2, -0.15) is 0 Å². The molecular formula is C18H26N2O. The Morgan fingerprint density at radius 3 is 2.86 bits per heavy atom. The van der Waals surface area contributed by atoms with Crippen LogP contribution in [0.5, 0.6) is 0 Å². The molecule has 0 aromatic heterocycles. The Hall–Kier alpha value is -1.35. The third kappa shape index (κ3) is 3.29. The molecular weight excluding hydrogens is 260 g/mol. The number of rotatable bonds is 3. The zero-order valence-corrected chi connectivity index (χ0v) is 13.1. The van der Waals surface area contributed by atoms with Crippen LogP contribution in [0.2, 0.25) is 0 Å². The number of hydrogen-bond donors (Lipinski definition) is 1. The summed E-state index contributed by atoms with van der Waals surface area (Å²) in [5.74, 6) is 0.618. The summed E-state index contributed by atoms with van der Waals surface area (Å²) in [5, 5.41) is 3.64. The van der Waals surface area contributed by atoms with E-state index in [1.807, 2.05) is 0 Å². The highest BCUT2D eigenvalue weighted by atomic mass is 16.2. The summed E-state index contributed by atoms with van der Waals surface area (Å²) in [6.45, 7) is 6.12. The third-order valence-electron chi connectivity index (χ3n) is 5.08.